The van der Waals surface area contributed by atoms with Crippen LogP contribution in [0.1, 0.15) is 27.9 Å². The second kappa shape index (κ2) is 5.36. The van der Waals surface area contributed by atoms with Crippen LogP contribution in [0.3, 0.4) is 0 Å². The fourth-order valence-corrected chi connectivity index (χ4v) is 2.86. The van der Waals surface area contributed by atoms with E-state index in [1.165, 1.54) is 0 Å². The third-order valence-corrected chi connectivity index (χ3v) is 4.02. The van der Waals surface area contributed by atoms with Gasteiger partial charge in [-0.3, -0.25) is 9.59 Å². The molecule has 0 unspecified atom stereocenters. The van der Waals surface area contributed by atoms with E-state index in [9.17, 15) is 9.59 Å². The maximum Gasteiger partial charge on any atom is 0.224 e. The summed E-state index contributed by atoms with van der Waals surface area (Å²) in [5, 5.41) is 2.82. The number of rotatable bonds is 2. The van der Waals surface area contributed by atoms with E-state index in [4.69, 9.17) is 0 Å². The summed E-state index contributed by atoms with van der Waals surface area (Å²) in [5.74, 6) is 0.0532. The van der Waals surface area contributed by atoms with Gasteiger partial charge in [0.15, 0.2) is 5.78 Å². The number of halogens is 1. The zero-order valence-electron chi connectivity index (χ0n) is 10.7. The van der Waals surface area contributed by atoms with Crippen LogP contribution in [0.25, 0.3) is 0 Å². The van der Waals surface area contributed by atoms with Crippen molar-refractivity contribution in [3.05, 3.63) is 62.7 Å². The molecule has 3 rings (SSSR count). The first kappa shape index (κ1) is 13.3. The molecule has 0 bridgehead atoms. The summed E-state index contributed by atoms with van der Waals surface area (Å²) < 4.78 is 1.04. The number of carbonyl (C=O) groups is 2. The first-order valence-corrected chi connectivity index (χ1v) is 7.44. The largest absolute Gasteiger partial charge is 0.326 e. The lowest BCUT2D eigenvalue weighted by atomic mass is 9.96. The quantitative estimate of drug-likeness (QED) is 0.644. The lowest BCUT2D eigenvalue weighted by Crippen LogP contribution is -2.19. The topological polar surface area (TPSA) is 46.2 Å². The van der Waals surface area contributed by atoms with E-state index in [0.29, 0.717) is 24.0 Å². The maximum absolute atomic E-state index is 12.5. The smallest absolute Gasteiger partial charge is 0.224 e. The number of ketones is 1. The fraction of sp³-hybridized carbons (Fsp3) is 0.125. The molecule has 4 heteroatoms. The van der Waals surface area contributed by atoms with Crippen molar-refractivity contribution in [3.8, 4) is 0 Å². The molecule has 1 amide bonds. The molecule has 1 aliphatic heterocycles. The molecule has 2 aromatic rings. The first-order chi connectivity index (χ1) is 9.63. The molecule has 0 aliphatic carbocycles. The molecule has 0 saturated carbocycles. The average Bonchev–Trinajstić information content (AvgIpc) is 2.46. The van der Waals surface area contributed by atoms with Crippen LogP contribution in [0.15, 0.2) is 42.5 Å². The molecule has 0 saturated heterocycles. The number of carbonyl (C=O) groups excluding carboxylic acids is 2. The minimum atomic E-state index is 0.0169. The van der Waals surface area contributed by atoms with Gasteiger partial charge in [0.25, 0.3) is 0 Å². The Morgan fingerprint density at radius 3 is 2.65 bits per heavy atom. The molecule has 1 N–H and O–H groups in total. The summed E-state index contributed by atoms with van der Waals surface area (Å²) in [4.78, 5) is 23.8. The number of benzene rings is 2. The number of fused-ring (bicyclic) bond motifs is 1. The van der Waals surface area contributed by atoms with Gasteiger partial charge >= 0.3 is 0 Å². The molecule has 0 spiro atoms. The van der Waals surface area contributed by atoms with Crippen molar-refractivity contribution in [2.24, 2.45) is 0 Å². The van der Waals surface area contributed by atoms with Gasteiger partial charge in [-0.05, 0) is 64.9 Å². The van der Waals surface area contributed by atoms with E-state index in [0.717, 1.165) is 14.8 Å². The van der Waals surface area contributed by atoms with Crippen LogP contribution in [-0.2, 0) is 11.2 Å². The summed E-state index contributed by atoms with van der Waals surface area (Å²) in [7, 11) is 0. The first-order valence-electron chi connectivity index (χ1n) is 6.36. The van der Waals surface area contributed by atoms with E-state index in [1.54, 1.807) is 6.07 Å². The van der Waals surface area contributed by atoms with Gasteiger partial charge in [-0.25, -0.2) is 0 Å². The third kappa shape index (κ3) is 2.60. The number of hydrogen-bond donors (Lipinski definition) is 1. The number of nitrogens with one attached hydrogen (secondary N) is 1. The summed E-state index contributed by atoms with van der Waals surface area (Å²) in [6, 6.07) is 13.0. The van der Waals surface area contributed by atoms with Crippen molar-refractivity contribution in [2.75, 3.05) is 5.32 Å². The van der Waals surface area contributed by atoms with Gasteiger partial charge in [-0.1, -0.05) is 12.1 Å². The monoisotopic (exact) mass is 377 g/mol. The predicted molar refractivity (Wildman–Crippen MR) is 86.0 cm³/mol. The number of aryl methyl sites for hydroxylation is 1. The number of amides is 1. The normalized spacial score (nSPS) is 13.6. The van der Waals surface area contributed by atoms with Gasteiger partial charge < -0.3 is 5.32 Å². The van der Waals surface area contributed by atoms with Gasteiger partial charge in [-0.2, -0.15) is 0 Å². The molecular weight excluding hydrogens is 365 g/mol. The van der Waals surface area contributed by atoms with E-state index >= 15 is 0 Å². The van der Waals surface area contributed by atoms with Crippen LogP contribution in [0.4, 0.5) is 5.69 Å². The molecule has 3 nitrogen and oxygen atoms in total. The Hall–Kier alpha value is -1.69. The maximum atomic E-state index is 12.5. The van der Waals surface area contributed by atoms with Gasteiger partial charge in [-0.15, -0.1) is 0 Å². The lowest BCUT2D eigenvalue weighted by molar-refractivity contribution is -0.116. The van der Waals surface area contributed by atoms with Crippen molar-refractivity contribution >= 4 is 40.0 Å². The van der Waals surface area contributed by atoms with Crippen molar-refractivity contribution in [1.29, 1.82) is 0 Å². The van der Waals surface area contributed by atoms with Crippen LogP contribution in [-0.4, -0.2) is 11.7 Å². The highest BCUT2D eigenvalue weighted by molar-refractivity contribution is 14.1. The van der Waals surface area contributed by atoms with Gasteiger partial charge in [0.2, 0.25) is 5.91 Å². The minimum absolute atomic E-state index is 0.0169. The Bertz CT molecular complexity index is 709. The average molecular weight is 377 g/mol. The Morgan fingerprint density at radius 1 is 1.05 bits per heavy atom. The molecule has 20 heavy (non-hydrogen) atoms. The lowest BCUT2D eigenvalue weighted by Gasteiger charge is -2.17. The molecule has 1 heterocycles. The Labute approximate surface area is 130 Å². The summed E-state index contributed by atoms with van der Waals surface area (Å²) in [6.07, 6.45) is 1.17. The second-order valence-electron chi connectivity index (χ2n) is 4.76. The highest BCUT2D eigenvalue weighted by atomic mass is 127. The van der Waals surface area contributed by atoms with Crippen LogP contribution in [0.5, 0.6) is 0 Å². The molecule has 2 aromatic carbocycles. The molecule has 0 aromatic heterocycles. The van der Waals surface area contributed by atoms with Gasteiger partial charge in [0.1, 0.15) is 0 Å². The van der Waals surface area contributed by atoms with Crippen molar-refractivity contribution < 1.29 is 9.59 Å². The van der Waals surface area contributed by atoms with E-state index in [1.807, 2.05) is 36.4 Å². The molecular formula is C16H12INO2. The Kier molecular flexibility index (Phi) is 3.56. The van der Waals surface area contributed by atoms with Crippen molar-refractivity contribution in [2.45, 2.75) is 12.8 Å². The minimum Gasteiger partial charge on any atom is -0.326 e. The van der Waals surface area contributed by atoms with Crippen LogP contribution in [0, 0.1) is 3.57 Å². The number of anilines is 1. The second-order valence-corrected chi connectivity index (χ2v) is 6.01. The van der Waals surface area contributed by atoms with E-state index < -0.39 is 0 Å². The van der Waals surface area contributed by atoms with Crippen LogP contribution >= 0.6 is 22.6 Å². The van der Waals surface area contributed by atoms with Gasteiger partial charge in [0, 0.05) is 26.8 Å². The molecule has 0 radical (unpaired) electrons. The highest BCUT2D eigenvalue weighted by Crippen LogP contribution is 2.25. The standard InChI is InChI=1S/C16H12INO2/c17-13-3-1-2-11(9-13)16(20)12-4-6-14-10(8-12)5-7-15(19)18-14/h1-4,6,8-9H,5,7H2,(H,18,19). The third-order valence-electron chi connectivity index (χ3n) is 3.35. The van der Waals surface area contributed by atoms with Gasteiger partial charge in [0.05, 0.1) is 0 Å². The summed E-state index contributed by atoms with van der Waals surface area (Å²) >= 11 is 2.20. The highest BCUT2D eigenvalue weighted by Gasteiger charge is 2.17. The molecule has 0 atom stereocenters. The molecule has 100 valence electrons. The predicted octanol–water partition coefficient (Wildman–Crippen LogP) is 3.41. The SMILES string of the molecule is O=C1CCc2cc(C(=O)c3cccc(I)c3)ccc2N1. The zero-order valence-corrected chi connectivity index (χ0v) is 12.8. The van der Waals surface area contributed by atoms with Crippen LogP contribution in [0.2, 0.25) is 0 Å². The summed E-state index contributed by atoms with van der Waals surface area (Å²) in [5.41, 5.74) is 3.21. The Morgan fingerprint density at radius 2 is 1.85 bits per heavy atom. The molecule has 1 aliphatic rings. The van der Waals surface area contributed by atoms with Crippen LogP contribution < -0.4 is 5.32 Å². The zero-order chi connectivity index (χ0) is 14.1. The van der Waals surface area contributed by atoms with Crippen molar-refractivity contribution in [3.63, 3.8) is 0 Å². The fourth-order valence-electron chi connectivity index (χ4n) is 2.32. The number of hydrogen-bond acceptors (Lipinski definition) is 2. The van der Waals surface area contributed by atoms with E-state index in [-0.39, 0.29) is 11.7 Å². The summed E-state index contributed by atoms with van der Waals surface area (Å²) in [6.45, 7) is 0. The Balaban J connectivity index is 1.95. The van der Waals surface area contributed by atoms with Crippen molar-refractivity contribution in [1.82, 2.24) is 0 Å². The van der Waals surface area contributed by atoms with E-state index in [2.05, 4.69) is 27.9 Å². The molecule has 0 fully saturated rings.